The third kappa shape index (κ3) is 5.51. The molecule has 0 spiro atoms. The van der Waals surface area contributed by atoms with E-state index in [4.69, 9.17) is 10.00 Å². The molecule has 0 atom stereocenters. The predicted octanol–water partition coefficient (Wildman–Crippen LogP) is 3.54. The average molecular weight is 253 g/mol. The maximum Gasteiger partial charge on any atom is 0.127 e. The second-order valence-corrected chi connectivity index (χ2v) is 3.94. The van der Waals surface area contributed by atoms with Crippen LogP contribution in [0.25, 0.3) is 0 Å². The fraction of sp³-hybridized carbons (Fsp3) is 0.125. The number of rotatable bonds is 6. The van der Waals surface area contributed by atoms with Gasteiger partial charge in [0.1, 0.15) is 17.8 Å². The van der Waals surface area contributed by atoms with Crippen molar-refractivity contribution in [2.45, 2.75) is 13.3 Å². The number of carbonyl (C=O) groups excluding carboxylic acids is 1. The number of hydrogen-bond acceptors (Lipinski definition) is 3. The molecule has 0 aliphatic heterocycles. The van der Waals surface area contributed by atoms with Gasteiger partial charge in [0, 0.05) is 6.42 Å². The zero-order valence-corrected chi connectivity index (χ0v) is 10.8. The molecule has 1 aromatic rings. The summed E-state index contributed by atoms with van der Waals surface area (Å²) in [5.41, 5.74) is 1.42. The fourth-order valence-corrected chi connectivity index (χ4v) is 1.33. The number of benzene rings is 1. The van der Waals surface area contributed by atoms with E-state index in [0.29, 0.717) is 23.5 Å². The summed E-state index contributed by atoms with van der Waals surface area (Å²) in [6.45, 7) is 5.65. The minimum atomic E-state index is 0.338. The third-order valence-corrected chi connectivity index (χ3v) is 2.12. The Hall–Kier alpha value is -2.60. The van der Waals surface area contributed by atoms with Crippen molar-refractivity contribution in [2.24, 2.45) is 0 Å². The summed E-state index contributed by atoms with van der Waals surface area (Å²) in [6, 6.07) is 8.85. The van der Waals surface area contributed by atoms with Crippen LogP contribution < -0.4 is 4.74 Å². The lowest BCUT2D eigenvalue weighted by atomic mass is 10.2. The van der Waals surface area contributed by atoms with Crippen molar-refractivity contribution in [1.82, 2.24) is 0 Å². The zero-order valence-electron chi connectivity index (χ0n) is 10.8. The fourth-order valence-electron chi connectivity index (χ4n) is 1.33. The third-order valence-electron chi connectivity index (χ3n) is 2.12. The SMILES string of the molecule is C=C(C)/C=C(\C=C/CC=O)Oc1ccc(C#N)cc1. The maximum atomic E-state index is 10.3. The molecule has 0 aliphatic carbocycles. The number of nitrogens with zero attached hydrogens (tertiary/aromatic N) is 1. The Kier molecular flexibility index (Phi) is 5.84. The van der Waals surface area contributed by atoms with Crippen LogP contribution in [-0.4, -0.2) is 6.29 Å². The zero-order chi connectivity index (χ0) is 14.1. The number of ether oxygens (including phenoxy) is 1. The van der Waals surface area contributed by atoms with E-state index in [0.717, 1.165) is 11.9 Å². The van der Waals surface area contributed by atoms with Crippen LogP contribution >= 0.6 is 0 Å². The molecule has 0 N–H and O–H groups in total. The summed E-state index contributed by atoms with van der Waals surface area (Å²) in [4.78, 5) is 10.3. The topological polar surface area (TPSA) is 50.1 Å². The lowest BCUT2D eigenvalue weighted by Gasteiger charge is -2.06. The molecule has 0 amide bonds. The minimum absolute atomic E-state index is 0.338. The van der Waals surface area contributed by atoms with Gasteiger partial charge in [0.05, 0.1) is 11.6 Å². The Morgan fingerprint density at radius 3 is 2.63 bits per heavy atom. The van der Waals surface area contributed by atoms with E-state index in [2.05, 4.69) is 6.58 Å². The van der Waals surface area contributed by atoms with E-state index < -0.39 is 0 Å². The van der Waals surface area contributed by atoms with Gasteiger partial charge in [-0.25, -0.2) is 0 Å². The van der Waals surface area contributed by atoms with E-state index in [1.54, 1.807) is 42.5 Å². The van der Waals surface area contributed by atoms with Crippen LogP contribution in [0, 0.1) is 11.3 Å². The van der Waals surface area contributed by atoms with Gasteiger partial charge in [-0.1, -0.05) is 18.2 Å². The normalized spacial score (nSPS) is 11.1. The second-order valence-electron chi connectivity index (χ2n) is 3.94. The van der Waals surface area contributed by atoms with Gasteiger partial charge in [-0.3, -0.25) is 0 Å². The molecule has 0 radical (unpaired) electrons. The molecular weight excluding hydrogens is 238 g/mol. The van der Waals surface area contributed by atoms with Gasteiger partial charge in [-0.05, 0) is 43.3 Å². The lowest BCUT2D eigenvalue weighted by Crippen LogP contribution is -1.93. The highest BCUT2D eigenvalue weighted by Crippen LogP contribution is 2.16. The Bertz CT molecular complexity index is 545. The van der Waals surface area contributed by atoms with E-state index in [1.165, 1.54) is 0 Å². The summed E-state index contributed by atoms with van der Waals surface area (Å²) in [5, 5.41) is 8.71. The molecule has 96 valence electrons. The summed E-state index contributed by atoms with van der Waals surface area (Å²) >= 11 is 0. The molecule has 0 aromatic heterocycles. The van der Waals surface area contributed by atoms with Crippen LogP contribution in [0.5, 0.6) is 5.75 Å². The van der Waals surface area contributed by atoms with Crippen molar-refractivity contribution in [3.8, 4) is 11.8 Å². The summed E-state index contributed by atoms with van der Waals surface area (Å²) in [6.07, 6.45) is 6.37. The molecule has 1 rings (SSSR count). The number of nitriles is 1. The molecular formula is C16H15NO2. The summed E-state index contributed by atoms with van der Waals surface area (Å²) in [7, 11) is 0. The Morgan fingerprint density at radius 1 is 1.42 bits per heavy atom. The number of carbonyl (C=O) groups is 1. The first-order valence-corrected chi connectivity index (χ1v) is 5.81. The first kappa shape index (κ1) is 14.5. The Morgan fingerprint density at radius 2 is 2.11 bits per heavy atom. The highest BCUT2D eigenvalue weighted by Gasteiger charge is 1.98. The van der Waals surface area contributed by atoms with Gasteiger partial charge in [-0.15, -0.1) is 0 Å². The van der Waals surface area contributed by atoms with Crippen LogP contribution in [0.3, 0.4) is 0 Å². The largest absolute Gasteiger partial charge is 0.457 e. The molecule has 0 unspecified atom stereocenters. The Labute approximate surface area is 113 Å². The second kappa shape index (κ2) is 7.67. The maximum absolute atomic E-state index is 10.3. The van der Waals surface area contributed by atoms with Gasteiger partial charge in [-0.2, -0.15) is 5.26 Å². The standard InChI is InChI=1S/C16H15NO2/c1-13(2)11-16(5-3-4-10-18)19-15-8-6-14(12-17)7-9-15/h3,5-11H,1,4H2,2H3/b5-3-,16-11+. The first-order valence-electron chi connectivity index (χ1n) is 5.81. The minimum Gasteiger partial charge on any atom is -0.457 e. The molecule has 1 aromatic carbocycles. The number of aldehydes is 1. The average Bonchev–Trinajstić information content (AvgIpc) is 2.39. The summed E-state index contributed by atoms with van der Waals surface area (Å²) < 4.78 is 5.66. The van der Waals surface area contributed by atoms with Crippen LogP contribution in [0.4, 0.5) is 0 Å². The molecule has 0 fully saturated rings. The number of allylic oxidation sites excluding steroid dienone is 4. The molecule has 3 nitrogen and oxygen atoms in total. The van der Waals surface area contributed by atoms with Crippen molar-refractivity contribution in [2.75, 3.05) is 0 Å². The van der Waals surface area contributed by atoms with Crippen molar-refractivity contribution < 1.29 is 9.53 Å². The first-order chi connectivity index (χ1) is 9.15. The monoisotopic (exact) mass is 253 g/mol. The highest BCUT2D eigenvalue weighted by atomic mass is 16.5. The van der Waals surface area contributed by atoms with Gasteiger partial charge in [0.15, 0.2) is 0 Å². The van der Waals surface area contributed by atoms with Gasteiger partial charge >= 0.3 is 0 Å². The van der Waals surface area contributed by atoms with E-state index >= 15 is 0 Å². The van der Waals surface area contributed by atoms with E-state index in [9.17, 15) is 4.79 Å². The molecule has 0 saturated heterocycles. The van der Waals surface area contributed by atoms with Crippen LogP contribution in [0.1, 0.15) is 18.9 Å². The van der Waals surface area contributed by atoms with Crippen LogP contribution in [0.15, 0.2) is 60.4 Å². The van der Waals surface area contributed by atoms with Crippen molar-refractivity contribution in [1.29, 1.82) is 5.26 Å². The van der Waals surface area contributed by atoms with Crippen molar-refractivity contribution >= 4 is 6.29 Å². The van der Waals surface area contributed by atoms with E-state index in [-0.39, 0.29) is 0 Å². The number of hydrogen-bond donors (Lipinski definition) is 0. The quantitative estimate of drug-likeness (QED) is 0.442. The predicted molar refractivity (Wildman–Crippen MR) is 74.5 cm³/mol. The molecule has 19 heavy (non-hydrogen) atoms. The molecule has 0 aliphatic rings. The van der Waals surface area contributed by atoms with Crippen molar-refractivity contribution in [3.63, 3.8) is 0 Å². The highest BCUT2D eigenvalue weighted by molar-refractivity contribution is 5.52. The Balaban J connectivity index is 2.84. The lowest BCUT2D eigenvalue weighted by molar-refractivity contribution is -0.107. The summed E-state index contributed by atoms with van der Waals surface area (Å²) in [5.74, 6) is 1.22. The van der Waals surface area contributed by atoms with Crippen molar-refractivity contribution in [3.05, 3.63) is 66.0 Å². The van der Waals surface area contributed by atoms with E-state index in [1.807, 2.05) is 13.0 Å². The van der Waals surface area contributed by atoms with Gasteiger partial charge < -0.3 is 9.53 Å². The van der Waals surface area contributed by atoms with Gasteiger partial charge in [0.2, 0.25) is 0 Å². The van der Waals surface area contributed by atoms with Crippen LogP contribution in [-0.2, 0) is 4.79 Å². The molecule has 0 bridgehead atoms. The molecule has 0 saturated carbocycles. The van der Waals surface area contributed by atoms with Crippen LogP contribution in [0.2, 0.25) is 0 Å². The molecule has 3 heteroatoms. The smallest absolute Gasteiger partial charge is 0.127 e. The molecule has 0 heterocycles. The van der Waals surface area contributed by atoms with Gasteiger partial charge in [0.25, 0.3) is 0 Å².